The summed E-state index contributed by atoms with van der Waals surface area (Å²) in [5.74, 6) is -2.15. The van der Waals surface area contributed by atoms with Crippen LogP contribution in [-0.2, 0) is 37.7 Å². The van der Waals surface area contributed by atoms with Gasteiger partial charge in [-0.1, -0.05) is 60.7 Å². The molecule has 7 atom stereocenters. The molecule has 16 heteroatoms. The van der Waals surface area contributed by atoms with Gasteiger partial charge in [-0.3, -0.25) is 18.2 Å². The van der Waals surface area contributed by atoms with Crippen LogP contribution in [0.25, 0.3) is 0 Å². The predicted octanol–water partition coefficient (Wildman–Crippen LogP) is 5.51. The number of rotatable bonds is 6. The Hall–Kier alpha value is 0.844. The molecule has 2 N–H and O–H groups in total. The van der Waals surface area contributed by atoms with Crippen molar-refractivity contribution in [3.8, 4) is 0 Å². The van der Waals surface area contributed by atoms with Crippen LogP contribution in [0.1, 0.15) is 11.1 Å². The van der Waals surface area contributed by atoms with Gasteiger partial charge in [-0.2, -0.15) is 4.21 Å². The number of halogens is 7. The maximum absolute atomic E-state index is 13.1. The monoisotopic (exact) mass is 992 g/mol. The Bertz CT molecular complexity index is 1090. The van der Waals surface area contributed by atoms with Gasteiger partial charge in [0.05, 0.1) is 24.0 Å². The van der Waals surface area contributed by atoms with E-state index < -0.39 is 60.5 Å². The molecule has 3 aliphatic rings. The topological polar surface area (TPSA) is 82.5 Å². The van der Waals surface area contributed by atoms with Gasteiger partial charge >= 0.3 is 76.2 Å². The van der Waals surface area contributed by atoms with Crippen LogP contribution in [0, 0.1) is 11.8 Å². The van der Waals surface area contributed by atoms with Crippen molar-refractivity contribution in [2.24, 2.45) is 11.8 Å². The van der Waals surface area contributed by atoms with Gasteiger partial charge in [-0.05, 0) is 11.1 Å². The molecule has 2 aromatic rings. The Morgan fingerprint density at radius 1 is 0.786 bits per heavy atom. The zero-order chi connectivity index (χ0) is 30.8. The average molecular weight is 992 g/mol. The molecule has 0 spiro atoms. The molecule has 0 aromatic heterocycles. The number of piperidine rings is 2. The van der Waals surface area contributed by atoms with Crippen molar-refractivity contribution in [1.82, 2.24) is 9.80 Å². The van der Waals surface area contributed by atoms with Crippen LogP contribution in [0.4, 0.5) is 17.6 Å². The van der Waals surface area contributed by atoms with Crippen molar-refractivity contribution >= 4 is 71.3 Å². The third-order valence-electron chi connectivity index (χ3n) is 6.98. The molecule has 0 amide bonds. The van der Waals surface area contributed by atoms with Crippen molar-refractivity contribution in [1.29, 1.82) is 0 Å². The minimum atomic E-state index is -2.62. The number of aliphatic hydroxyl groups excluding tert-OH is 2. The summed E-state index contributed by atoms with van der Waals surface area (Å²) >= 11 is 5.49. The van der Waals surface area contributed by atoms with Gasteiger partial charge in [-0.15, -0.1) is 0 Å². The summed E-state index contributed by atoms with van der Waals surface area (Å²) in [6.07, 6.45) is -8.90. The number of likely N-dealkylation sites (tertiary alicyclic amines) is 2. The number of fused-ring (bicyclic) bond motifs is 1. The first kappa shape index (κ1) is 37.3. The molecule has 236 valence electrons. The fourth-order valence-corrected chi connectivity index (χ4v) is 5.94. The van der Waals surface area contributed by atoms with Crippen molar-refractivity contribution in [2.45, 2.75) is 50.4 Å². The first-order valence-corrected chi connectivity index (χ1v) is 27.4. The Morgan fingerprint density at radius 2 is 1.24 bits per heavy atom. The maximum atomic E-state index is 13.1. The van der Waals surface area contributed by atoms with Gasteiger partial charge in [0.2, 0.25) is 12.9 Å². The number of benzene rings is 2. The van der Waals surface area contributed by atoms with E-state index in [1.54, 1.807) is 4.90 Å². The van der Waals surface area contributed by atoms with Crippen LogP contribution in [0.5, 0.6) is 0 Å². The molecule has 3 fully saturated rings. The molecule has 3 aliphatic heterocycles. The minimum absolute atomic E-state index is 0.102. The average Bonchev–Trinajstić information content (AvgIpc) is 3.31. The molecule has 5 rings (SSSR count). The standard InChI is InChI=1S/C13H15F2NO3S.C13H17F2NO2.3HI.V/c14-13(15)10-7-16(6-9-4-2-1-3-5-9)8-11-12(10)19-20(17)18-11;14-13(15)10-7-16(8-11(17)12(10)18)6-9-4-2-1-3-5-9;;;;/h1-5,10-13H,6-8H2;1-5,10-13,17-18H,6-8H2;3*1H;/q;;;;;+3/p-3/t10-,11+,12+,20?;10-,11+,12+;;;;/m00..../s1. The van der Waals surface area contributed by atoms with Crippen molar-refractivity contribution < 1.29 is 45.3 Å². The normalized spacial score (nSPS) is 30.0. The first-order valence-electron chi connectivity index (χ1n) is 12.9. The van der Waals surface area contributed by atoms with E-state index >= 15 is 0 Å². The molecule has 7 nitrogen and oxygen atoms in total. The second-order valence-corrected chi connectivity index (χ2v) is 46.2. The Balaban J connectivity index is 0.000000206. The van der Waals surface area contributed by atoms with E-state index in [9.17, 15) is 32.0 Å². The molecule has 3 heterocycles. The van der Waals surface area contributed by atoms with E-state index in [1.165, 1.54) is 0 Å². The third kappa shape index (κ3) is 12.2. The predicted molar refractivity (Wildman–Crippen MR) is 174 cm³/mol. The van der Waals surface area contributed by atoms with Crippen molar-refractivity contribution in [3.05, 3.63) is 71.8 Å². The summed E-state index contributed by atoms with van der Waals surface area (Å²) in [5.41, 5.74) is 2.06. The molecule has 42 heavy (non-hydrogen) atoms. The van der Waals surface area contributed by atoms with E-state index in [0.717, 1.165) is 11.1 Å². The molecule has 1 unspecified atom stereocenters. The number of aliphatic hydroxyl groups is 2. The van der Waals surface area contributed by atoms with E-state index in [2.05, 4.69) is 59.9 Å². The molecular weight excluding hydrogens is 960 g/mol. The molecule has 0 bridgehead atoms. The van der Waals surface area contributed by atoms with E-state index in [4.69, 9.17) is 8.37 Å². The summed E-state index contributed by atoms with van der Waals surface area (Å²) < 4.78 is 73.1. The summed E-state index contributed by atoms with van der Waals surface area (Å²) in [6.45, 7) is 2.07. The van der Waals surface area contributed by atoms with Crippen LogP contribution >= 0.6 is 59.9 Å². The van der Waals surface area contributed by atoms with Crippen LogP contribution in [0.3, 0.4) is 0 Å². The number of alkyl halides is 4. The van der Waals surface area contributed by atoms with Crippen molar-refractivity contribution in [3.63, 3.8) is 0 Å². The van der Waals surface area contributed by atoms with Gasteiger partial charge in [0.25, 0.3) is 0 Å². The Kier molecular flexibility index (Phi) is 16.7. The van der Waals surface area contributed by atoms with Gasteiger partial charge in [0.15, 0.2) is 0 Å². The zero-order valence-corrected chi connectivity index (χ0v) is 30.8. The third-order valence-corrected chi connectivity index (χ3v) is 7.76. The fourth-order valence-electron chi connectivity index (χ4n) is 5.08. The number of hydrogen-bond acceptors (Lipinski definition) is 7. The summed E-state index contributed by atoms with van der Waals surface area (Å²) in [4.78, 5) is 3.38. The number of hydrogen-bond donors (Lipinski definition) is 2. The molecular formula is C26H32F4I3N2O5SV. The SMILES string of the molecule is O=S1O[C@@H]2[C@@H](C(F)F)CN(Cc3ccccc3)C[C@H]2O1.O[C@H]1[C@H](O)CN(Cc2ccccc2)C[C@@H]1C(F)F.[I][V]([I])[I]. The summed E-state index contributed by atoms with van der Waals surface area (Å²) in [6, 6.07) is 19.1. The van der Waals surface area contributed by atoms with Gasteiger partial charge in [-0.25, -0.2) is 17.6 Å². The summed E-state index contributed by atoms with van der Waals surface area (Å²) in [7, 11) is 0. The van der Waals surface area contributed by atoms with Crippen LogP contribution < -0.4 is 0 Å². The van der Waals surface area contributed by atoms with Crippen LogP contribution in [-0.4, -0.2) is 87.7 Å². The van der Waals surface area contributed by atoms with Crippen molar-refractivity contribution in [2.75, 3.05) is 26.2 Å². The van der Waals surface area contributed by atoms with E-state index in [-0.39, 0.29) is 24.6 Å². The Morgan fingerprint density at radius 3 is 1.71 bits per heavy atom. The number of β-amino-alcohol motifs (C(OH)–C–C–N with tert-alkyl or cyclic N) is 1. The van der Waals surface area contributed by atoms with E-state index in [0.29, 0.717) is 19.6 Å². The fraction of sp³-hybridized carbons (Fsp3) is 0.538. The second-order valence-electron chi connectivity index (χ2n) is 10.0. The first-order chi connectivity index (χ1) is 19.9. The molecule has 2 aromatic carbocycles. The molecule has 3 saturated heterocycles. The van der Waals surface area contributed by atoms with Crippen LogP contribution in [0.15, 0.2) is 60.7 Å². The molecule has 0 aliphatic carbocycles. The van der Waals surface area contributed by atoms with Gasteiger partial charge < -0.3 is 10.2 Å². The zero-order valence-electron chi connectivity index (χ0n) is 22.1. The van der Waals surface area contributed by atoms with Gasteiger partial charge in [0.1, 0.15) is 12.2 Å². The van der Waals surface area contributed by atoms with E-state index in [1.807, 2.05) is 65.6 Å². The molecule has 0 radical (unpaired) electrons. The number of nitrogens with zero attached hydrogens (tertiary/aromatic N) is 2. The molecule has 0 saturated carbocycles. The Labute approximate surface area is 283 Å². The second kappa shape index (κ2) is 18.9. The van der Waals surface area contributed by atoms with Crippen LogP contribution in [0.2, 0.25) is 0 Å². The summed E-state index contributed by atoms with van der Waals surface area (Å²) in [5, 5.41) is 19.2. The quantitative estimate of drug-likeness (QED) is 0.293. The van der Waals surface area contributed by atoms with Gasteiger partial charge in [0, 0.05) is 39.3 Å².